The van der Waals surface area contributed by atoms with Crippen LogP contribution in [0.2, 0.25) is 0 Å². The quantitative estimate of drug-likeness (QED) is 0.743. The number of Topliss-reactive ketones (excluding diaryl/α,β-unsaturated/α-hetero) is 1. The van der Waals surface area contributed by atoms with Crippen LogP contribution in [0.25, 0.3) is 0 Å². The third-order valence-electron chi connectivity index (χ3n) is 4.07. The molecular formula is C17H24O2. The number of benzene rings is 1. The zero-order valence-electron chi connectivity index (χ0n) is 12.1. The van der Waals surface area contributed by atoms with Crippen molar-refractivity contribution >= 4 is 5.78 Å². The van der Waals surface area contributed by atoms with Crippen LogP contribution in [0.5, 0.6) is 0 Å². The fourth-order valence-corrected chi connectivity index (χ4v) is 2.72. The van der Waals surface area contributed by atoms with E-state index in [-0.39, 0.29) is 5.60 Å². The fourth-order valence-electron chi connectivity index (χ4n) is 2.72. The van der Waals surface area contributed by atoms with E-state index in [4.69, 9.17) is 4.74 Å². The van der Waals surface area contributed by atoms with E-state index in [9.17, 15) is 4.79 Å². The molecule has 1 aromatic rings. The third kappa shape index (κ3) is 3.44. The summed E-state index contributed by atoms with van der Waals surface area (Å²) in [5, 5.41) is 0. The highest BCUT2D eigenvalue weighted by molar-refractivity contribution is 5.79. The Kier molecular flexibility index (Phi) is 4.76. The van der Waals surface area contributed by atoms with Gasteiger partial charge in [0.2, 0.25) is 0 Å². The molecule has 0 aliphatic heterocycles. The normalized spacial score (nSPS) is 18.5. The Labute approximate surface area is 116 Å². The number of hydrogen-bond donors (Lipinski definition) is 0. The number of ether oxygens (including phenoxy) is 1. The van der Waals surface area contributed by atoms with Crippen LogP contribution >= 0.6 is 0 Å². The van der Waals surface area contributed by atoms with E-state index >= 15 is 0 Å². The number of carbonyl (C=O) groups is 1. The number of aryl methyl sites for hydroxylation is 1. The van der Waals surface area contributed by atoms with Crippen molar-refractivity contribution in [1.82, 2.24) is 0 Å². The first kappa shape index (κ1) is 14.3. The first-order chi connectivity index (χ1) is 9.16. The monoisotopic (exact) mass is 260 g/mol. The van der Waals surface area contributed by atoms with E-state index in [1.165, 1.54) is 11.1 Å². The Morgan fingerprint density at radius 3 is 2.37 bits per heavy atom. The Hall–Kier alpha value is -1.15. The topological polar surface area (TPSA) is 26.3 Å². The van der Waals surface area contributed by atoms with E-state index in [1.807, 2.05) is 0 Å². The van der Waals surface area contributed by atoms with Crippen LogP contribution in [0.4, 0.5) is 0 Å². The number of ketones is 1. The molecule has 0 radical (unpaired) electrons. The van der Waals surface area contributed by atoms with Crippen LogP contribution in [0.3, 0.4) is 0 Å². The summed E-state index contributed by atoms with van der Waals surface area (Å²) in [6, 6.07) is 8.60. The lowest BCUT2D eigenvalue weighted by molar-refractivity contribution is -0.131. The molecule has 0 spiro atoms. The summed E-state index contributed by atoms with van der Waals surface area (Å²) in [5.41, 5.74) is 2.28. The van der Waals surface area contributed by atoms with Crippen molar-refractivity contribution in [2.24, 2.45) is 0 Å². The van der Waals surface area contributed by atoms with Gasteiger partial charge in [-0.2, -0.15) is 0 Å². The highest BCUT2D eigenvalue weighted by Gasteiger charge is 2.37. The van der Waals surface area contributed by atoms with Crippen molar-refractivity contribution < 1.29 is 9.53 Å². The molecule has 0 unspecified atom stereocenters. The molecule has 0 bridgehead atoms. The summed E-state index contributed by atoms with van der Waals surface area (Å²) >= 11 is 0. The van der Waals surface area contributed by atoms with Gasteiger partial charge in [-0.05, 0) is 31.7 Å². The molecule has 1 saturated carbocycles. The summed E-state index contributed by atoms with van der Waals surface area (Å²) in [7, 11) is 0. The maximum absolute atomic E-state index is 11.5. The van der Waals surface area contributed by atoms with Gasteiger partial charge < -0.3 is 4.74 Å². The van der Waals surface area contributed by atoms with Gasteiger partial charge in [0.1, 0.15) is 5.78 Å². The second-order valence-electron chi connectivity index (χ2n) is 5.60. The fraction of sp³-hybridized carbons (Fsp3) is 0.588. The number of hydrogen-bond acceptors (Lipinski definition) is 2. The second kappa shape index (κ2) is 6.33. The van der Waals surface area contributed by atoms with Gasteiger partial charge in [0.05, 0.1) is 5.60 Å². The number of unbranched alkanes of at least 4 members (excludes halogenated alkanes) is 1. The SMILES string of the molecule is CCCCOC1(c2ccc(C)cc2)CCC(=O)CC1. The molecule has 1 aromatic carbocycles. The smallest absolute Gasteiger partial charge is 0.133 e. The zero-order valence-corrected chi connectivity index (χ0v) is 12.1. The maximum Gasteiger partial charge on any atom is 0.133 e. The maximum atomic E-state index is 11.5. The van der Waals surface area contributed by atoms with Crippen LogP contribution in [-0.2, 0) is 15.1 Å². The number of rotatable bonds is 5. The van der Waals surface area contributed by atoms with Crippen molar-refractivity contribution in [3.05, 3.63) is 35.4 Å². The van der Waals surface area contributed by atoms with Gasteiger partial charge in [-0.15, -0.1) is 0 Å². The molecule has 2 nitrogen and oxygen atoms in total. The minimum absolute atomic E-state index is 0.225. The average Bonchev–Trinajstić information content (AvgIpc) is 2.42. The van der Waals surface area contributed by atoms with E-state index in [0.717, 1.165) is 32.3 Å². The minimum Gasteiger partial charge on any atom is -0.370 e. The van der Waals surface area contributed by atoms with Crippen LogP contribution in [-0.4, -0.2) is 12.4 Å². The third-order valence-corrected chi connectivity index (χ3v) is 4.07. The van der Waals surface area contributed by atoms with Crippen molar-refractivity contribution in [1.29, 1.82) is 0 Å². The molecule has 1 fully saturated rings. The van der Waals surface area contributed by atoms with Gasteiger partial charge in [0, 0.05) is 19.4 Å². The molecule has 0 atom stereocenters. The van der Waals surface area contributed by atoms with Gasteiger partial charge in [-0.25, -0.2) is 0 Å². The van der Waals surface area contributed by atoms with Crippen LogP contribution in [0, 0.1) is 6.92 Å². The van der Waals surface area contributed by atoms with Crippen LogP contribution < -0.4 is 0 Å². The van der Waals surface area contributed by atoms with E-state index in [1.54, 1.807) is 0 Å². The summed E-state index contributed by atoms with van der Waals surface area (Å²) in [6.45, 7) is 5.06. The standard InChI is InChI=1S/C17H24O2/c1-3-4-13-19-17(11-9-16(18)10-12-17)15-7-5-14(2)6-8-15/h5-8H,3-4,9-13H2,1-2H3. The molecule has 1 aliphatic carbocycles. The minimum atomic E-state index is -0.225. The molecular weight excluding hydrogens is 236 g/mol. The zero-order chi connectivity index (χ0) is 13.7. The summed E-state index contributed by atoms with van der Waals surface area (Å²) in [6.07, 6.45) is 5.20. The van der Waals surface area contributed by atoms with E-state index in [2.05, 4.69) is 38.1 Å². The van der Waals surface area contributed by atoms with Gasteiger partial charge >= 0.3 is 0 Å². The van der Waals surface area contributed by atoms with Crippen LogP contribution in [0.15, 0.2) is 24.3 Å². The number of carbonyl (C=O) groups excluding carboxylic acids is 1. The molecule has 0 amide bonds. The lowest BCUT2D eigenvalue weighted by Crippen LogP contribution is -2.35. The van der Waals surface area contributed by atoms with Crippen molar-refractivity contribution in [2.45, 2.75) is 58.0 Å². The lowest BCUT2D eigenvalue weighted by atomic mass is 9.78. The summed E-state index contributed by atoms with van der Waals surface area (Å²) in [5.74, 6) is 0.377. The highest BCUT2D eigenvalue weighted by atomic mass is 16.5. The summed E-state index contributed by atoms with van der Waals surface area (Å²) in [4.78, 5) is 11.5. The predicted molar refractivity (Wildman–Crippen MR) is 77.2 cm³/mol. The first-order valence-corrected chi connectivity index (χ1v) is 7.39. The van der Waals surface area contributed by atoms with Gasteiger partial charge in [0.25, 0.3) is 0 Å². The molecule has 0 N–H and O–H groups in total. The molecule has 0 heterocycles. The van der Waals surface area contributed by atoms with Gasteiger partial charge in [-0.1, -0.05) is 43.2 Å². The predicted octanol–water partition coefficient (Wildman–Crippen LogP) is 4.15. The van der Waals surface area contributed by atoms with E-state index < -0.39 is 0 Å². The van der Waals surface area contributed by atoms with Gasteiger partial charge in [0.15, 0.2) is 0 Å². The van der Waals surface area contributed by atoms with Crippen molar-refractivity contribution in [3.63, 3.8) is 0 Å². The average molecular weight is 260 g/mol. The van der Waals surface area contributed by atoms with Crippen molar-refractivity contribution in [2.75, 3.05) is 6.61 Å². The lowest BCUT2D eigenvalue weighted by Gasteiger charge is -2.37. The molecule has 104 valence electrons. The van der Waals surface area contributed by atoms with Crippen LogP contribution in [0.1, 0.15) is 56.6 Å². The Morgan fingerprint density at radius 2 is 1.79 bits per heavy atom. The largest absolute Gasteiger partial charge is 0.370 e. The van der Waals surface area contributed by atoms with Gasteiger partial charge in [-0.3, -0.25) is 4.79 Å². The Morgan fingerprint density at radius 1 is 1.16 bits per heavy atom. The molecule has 19 heavy (non-hydrogen) atoms. The molecule has 1 aliphatic rings. The highest BCUT2D eigenvalue weighted by Crippen LogP contribution is 2.39. The Bertz CT molecular complexity index is 409. The first-order valence-electron chi connectivity index (χ1n) is 7.39. The molecule has 0 aromatic heterocycles. The van der Waals surface area contributed by atoms with Crippen molar-refractivity contribution in [3.8, 4) is 0 Å². The Balaban J connectivity index is 2.18. The molecule has 2 rings (SSSR count). The van der Waals surface area contributed by atoms with E-state index in [0.29, 0.717) is 18.6 Å². The molecule has 2 heteroatoms. The summed E-state index contributed by atoms with van der Waals surface area (Å²) < 4.78 is 6.23. The second-order valence-corrected chi connectivity index (χ2v) is 5.60. The molecule has 0 saturated heterocycles.